The van der Waals surface area contributed by atoms with Gasteiger partial charge < -0.3 is 43.5 Å². The number of nitrogens with two attached hydrogens (primary N) is 1. The molecule has 3 heterocycles. The summed E-state index contributed by atoms with van der Waals surface area (Å²) in [6.07, 6.45) is 15.7. The van der Waals surface area contributed by atoms with Gasteiger partial charge in [0.25, 0.3) is 17.7 Å². The van der Waals surface area contributed by atoms with Gasteiger partial charge in [-0.1, -0.05) is 346 Å². The van der Waals surface area contributed by atoms with Crippen LogP contribution in [0.25, 0.3) is 65.4 Å². The fourth-order valence-electron chi connectivity index (χ4n) is 13.8. The number of carboxylic acids is 1. The summed E-state index contributed by atoms with van der Waals surface area (Å²) in [6, 6.07) is 116. The van der Waals surface area contributed by atoms with E-state index in [9.17, 15) is 28.4 Å². The van der Waals surface area contributed by atoms with Gasteiger partial charge >= 0.3 is 24.8 Å². The number of hydrogen-bond donors (Lipinski definition) is 8. The summed E-state index contributed by atoms with van der Waals surface area (Å²) in [6.45, 7) is 2.67. The van der Waals surface area contributed by atoms with E-state index in [1.54, 1.807) is 61.2 Å². The molecule has 13 aromatic carbocycles. The van der Waals surface area contributed by atoms with Crippen LogP contribution in [0, 0.1) is 12.3 Å². The number of nitrogens with one attached hydrogen (secondary N) is 3. The van der Waals surface area contributed by atoms with E-state index in [1.165, 1.54) is 5.56 Å². The molecule has 27 heteroatoms. The molecule has 142 heavy (non-hydrogen) atoms. The Balaban J connectivity index is 0.000000361. The monoisotopic (exact) mass is 1910 g/mol. The maximum Gasteiger partial charge on any atom is 1.00 e. The minimum Gasteiger partial charge on any atom is -1.00 e. The third-order valence-electron chi connectivity index (χ3n) is 21.0. The van der Waals surface area contributed by atoms with Gasteiger partial charge in [-0.25, -0.2) is 9.79 Å². The quantitative estimate of drug-likeness (QED) is 0.00661. The molecule has 16 rings (SSSR count). The molecule has 0 saturated heterocycles. The molecule has 1 unspecified atom stereocenters. The number of carboxylic acid groups (broad SMARTS) is 1. The Morgan fingerprint density at radius 3 is 1.11 bits per heavy atom. The van der Waals surface area contributed by atoms with Crippen molar-refractivity contribution in [1.82, 2.24) is 25.9 Å². The standard InChI is InChI=1S/C29H25N5O.C22H20N4O.C22H21NO2.C13H10O2.C10H11N3O2.C9H13NO.C7H5N.CH3F.2CH4.Al.Li.4H/c35-29(26-11-5-4-10-25(26)23-7-2-1-3-8-23)31-19-22-14-12-21(13-15-22)16-17-27-32-28(34-33-27)24-9-6-18-30-20-24;23-26-25-15-14-17-10-12-18(13-11-17)16-24-22(27)21-9-5-4-8-20(21)19-6-2-1-3-7-19;24-15-14-17-10-12-18(13-11-17)16-23-22(25)21-9-5-4-8-20(21)19-6-2-1-3-7-19;14-13(15)12-9-5-4-8-11(12)10-6-2-1-3-7-10;11-13-12-6-9-3-1-8(2-4-9)5-10(15)7-14;10-7-9-3-1-8(2-4-9)5-6-11;1-2-7-4-3-5-8-6-7;1-2;;;;;;;;/h1-15,18,20,27H,16-17,19H2,(H,31,35);1-13H,14-16H2,(H,24,27);1-13,24H,14-16H2,(H,23,25);1-9H,(H,14,15);1-4,14H,5-7H2;1-4,11H,5-7,10H2;1,3-6H;1H3;2*1H4;;;;;;/q;;;;;;;;;;;+1;;;;-1/i;;;;;;;1D;;;;;;;;. The van der Waals surface area contributed by atoms with Gasteiger partial charge in [-0.3, -0.25) is 33.5 Å². The Morgan fingerprint density at radius 2 is 0.768 bits per heavy atom. The molecule has 0 saturated carbocycles. The van der Waals surface area contributed by atoms with Crippen molar-refractivity contribution in [3.63, 3.8) is 0 Å². The van der Waals surface area contributed by atoms with Gasteiger partial charge in [0.1, 0.15) is 6.61 Å². The SMILES string of the molecule is C.C.C#Cc1cccnc1.NCc1ccc(CCO)cc1.O=C(NCc1ccc(CCC2N=NC(c3cccnc3)=N2)cc1)c1ccccc1-c1ccccc1.O=C(NCc1ccc(CCO)cc1)c1ccccc1-c1ccccc1.O=C(O)c1ccccc1-c1ccccc1.[2H]CF.[AlH3].[H-].[Li+].[N-]=[N+]=NCCc1ccc(CNC(=O)c2ccccc2-c2ccccc2)cc1.[N-]=[N+]=NCc1ccc(CC(=O)CO)cc1. The second-order valence-corrected chi connectivity index (χ2v) is 30.5. The number of aromatic nitrogens is 2. The van der Waals surface area contributed by atoms with Crippen LogP contribution in [0.5, 0.6) is 0 Å². The Kier molecular flexibility index (Phi) is 54.4. The van der Waals surface area contributed by atoms with Gasteiger partial charge in [-0.2, -0.15) is 5.11 Å². The van der Waals surface area contributed by atoms with Crippen LogP contribution in [0.3, 0.4) is 0 Å². The van der Waals surface area contributed by atoms with Gasteiger partial charge in [0.2, 0.25) is 0 Å². The van der Waals surface area contributed by atoms with E-state index in [0.29, 0.717) is 80.2 Å². The van der Waals surface area contributed by atoms with Crippen LogP contribution >= 0.6 is 0 Å². The largest absolute Gasteiger partial charge is 1.00 e. The number of ketones is 1. The van der Waals surface area contributed by atoms with E-state index >= 15 is 0 Å². The molecule has 720 valence electrons. The van der Waals surface area contributed by atoms with E-state index in [-0.39, 0.29) is 102 Å². The first-order valence-electron chi connectivity index (χ1n) is 45.0. The molecule has 0 bridgehead atoms. The molecule has 3 amide bonds. The Morgan fingerprint density at radius 1 is 0.437 bits per heavy atom. The first-order chi connectivity index (χ1) is 68.1. The summed E-state index contributed by atoms with van der Waals surface area (Å²) in [5.41, 5.74) is 44.0. The molecule has 2 aromatic heterocycles. The molecule has 1 aliphatic rings. The number of benzene rings is 13. The van der Waals surface area contributed by atoms with E-state index in [2.05, 4.69) is 91.4 Å². The van der Waals surface area contributed by atoms with E-state index in [0.717, 1.165) is 125 Å². The van der Waals surface area contributed by atoms with Crippen molar-refractivity contribution in [3.05, 3.63) is 499 Å². The number of aromatic carboxylic acids is 1. The summed E-state index contributed by atoms with van der Waals surface area (Å²) < 4.78 is 15.5. The molecule has 15 aromatic rings. The van der Waals surface area contributed by atoms with E-state index in [1.807, 2.05) is 303 Å². The van der Waals surface area contributed by atoms with Crippen molar-refractivity contribution in [2.45, 2.75) is 92.3 Å². The van der Waals surface area contributed by atoms with Crippen molar-refractivity contribution >= 4 is 52.7 Å². The molecule has 0 aliphatic carbocycles. The second kappa shape index (κ2) is 67.3. The van der Waals surface area contributed by atoms with Crippen LogP contribution in [-0.2, 0) is 69.6 Å². The number of azide groups is 2. The number of aliphatic hydroxyl groups excluding tert-OH is 3. The van der Waals surface area contributed by atoms with Crippen molar-refractivity contribution < 1.29 is 70.4 Å². The maximum atomic E-state index is 12.9. The molecule has 0 spiro atoms. The molecular formula is C115H120AlFLiN15O9. The third kappa shape index (κ3) is 40.2. The summed E-state index contributed by atoms with van der Waals surface area (Å²) in [7, 11) is -1.00. The third-order valence-corrected chi connectivity index (χ3v) is 21.0. The first-order valence-corrected chi connectivity index (χ1v) is 44.3. The number of azo groups is 1. The van der Waals surface area contributed by atoms with E-state index in [4.69, 9.17) is 45.0 Å². The van der Waals surface area contributed by atoms with Crippen LogP contribution < -0.4 is 40.5 Å². The number of pyridine rings is 2. The number of carbonyl (C=O) groups is 5. The second-order valence-electron chi connectivity index (χ2n) is 30.5. The summed E-state index contributed by atoms with van der Waals surface area (Å²) in [4.78, 5) is 78.1. The summed E-state index contributed by atoms with van der Waals surface area (Å²) in [5, 5.41) is 59.6. The van der Waals surface area contributed by atoms with Crippen LogP contribution in [0.1, 0.15) is 132 Å². The van der Waals surface area contributed by atoms with Gasteiger partial charge in [0, 0.05) is 115 Å². The zero-order chi connectivity index (χ0) is 98.7. The Labute approximate surface area is 855 Å². The fraction of sp³-hybridized carbons (Fsp3) is 0.165. The molecule has 0 radical (unpaired) electrons. The fourth-order valence-corrected chi connectivity index (χ4v) is 13.8. The Bertz CT molecular complexity index is 6510. The van der Waals surface area contributed by atoms with Gasteiger partial charge in [-0.05, 0) is 192 Å². The molecule has 0 fully saturated rings. The average Bonchev–Trinajstić information content (AvgIpc) is 1.12. The molecule has 1 atom stereocenters. The number of halogens is 1. The maximum absolute atomic E-state index is 12.9. The minimum absolute atomic E-state index is 0. The number of terminal acetylenes is 1. The normalized spacial score (nSPS) is 10.7. The number of hydrogen-bond acceptors (Lipinski definition) is 16. The number of rotatable bonds is 31. The molecule has 24 nitrogen and oxygen atoms in total. The summed E-state index contributed by atoms with van der Waals surface area (Å²) >= 11 is 0. The molecule has 9 N–H and O–H groups in total. The van der Waals surface area contributed by atoms with Crippen molar-refractivity contribution in [3.8, 4) is 56.9 Å². The predicted molar refractivity (Wildman–Crippen MR) is 567 cm³/mol. The number of carbonyl (C=O) groups excluding carboxylic acids is 4. The van der Waals surface area contributed by atoms with Gasteiger partial charge in [0.05, 0.1) is 20.6 Å². The first kappa shape index (κ1) is 115. The molecular weight excluding hydrogens is 1790 g/mol. The number of alkyl halides is 1. The van der Waals surface area contributed by atoms with Gasteiger partial charge in [-0.15, -0.1) is 11.5 Å². The van der Waals surface area contributed by atoms with Crippen molar-refractivity contribution in [1.29, 1.82) is 0 Å². The zero-order valence-electron chi connectivity index (χ0n) is 79.1. The predicted octanol–water partition coefficient (Wildman–Crippen LogP) is 19.0. The Hall–Kier alpha value is -15.9. The summed E-state index contributed by atoms with van der Waals surface area (Å²) in [5.74, 6) is 1.74. The van der Waals surface area contributed by atoms with E-state index < -0.39 is 19.7 Å². The number of amidine groups is 1. The number of aliphatic imine (C=N–C) groups is 1. The molecule has 1 aliphatic heterocycles. The van der Waals surface area contributed by atoms with Crippen molar-refractivity contribution in [2.75, 3.05) is 33.5 Å². The van der Waals surface area contributed by atoms with Gasteiger partial charge in [0.15, 0.2) is 35.1 Å². The zero-order valence-corrected chi connectivity index (χ0v) is 77.1. The number of aliphatic hydroxyl groups is 3. The van der Waals surface area contributed by atoms with Crippen LogP contribution in [0.15, 0.2) is 414 Å². The minimum atomic E-state index is -1.00. The smallest absolute Gasteiger partial charge is 1.00 e. The number of aryl methyl sites for hydroxylation is 1. The van der Waals surface area contributed by atoms with Crippen LogP contribution in [-0.4, -0.2) is 123 Å². The van der Waals surface area contributed by atoms with Crippen LogP contribution in [0.4, 0.5) is 4.39 Å². The topological polar surface area (TPSA) is 389 Å². The average molecular weight is 1910 g/mol. The van der Waals surface area contributed by atoms with Crippen molar-refractivity contribution in [2.24, 2.45) is 31.2 Å². The number of amides is 3. The van der Waals surface area contributed by atoms with Crippen LogP contribution in [0.2, 0.25) is 0 Å². The number of Topliss-reactive ketones (excluding diaryl/α,β-unsaturated/α-hetero) is 1. The number of nitrogens with zero attached hydrogens (tertiary/aromatic N) is 11.